The summed E-state index contributed by atoms with van der Waals surface area (Å²) in [6.45, 7) is 0. The molecule has 5 rings (SSSR count). The number of benzene rings is 2. The molecular formula is C20H17F2N3O. The van der Waals surface area contributed by atoms with Crippen molar-refractivity contribution in [2.45, 2.75) is 25.3 Å². The summed E-state index contributed by atoms with van der Waals surface area (Å²) in [5.74, 6) is -0.557. The Hall–Kier alpha value is -2.89. The SMILES string of the molecule is CN(c1nc2cc(F)ccc2o1)C1CCc2[nH]c3ccc(F)cc3c2C1. The van der Waals surface area contributed by atoms with Crippen LogP contribution in [0.25, 0.3) is 22.0 Å². The highest BCUT2D eigenvalue weighted by Crippen LogP contribution is 2.33. The van der Waals surface area contributed by atoms with Gasteiger partial charge >= 0.3 is 0 Å². The lowest BCUT2D eigenvalue weighted by molar-refractivity contribution is 0.493. The van der Waals surface area contributed by atoms with Crippen molar-refractivity contribution in [1.82, 2.24) is 9.97 Å². The highest BCUT2D eigenvalue weighted by Gasteiger charge is 2.27. The number of likely N-dealkylation sites (N-methyl/N-ethyl adjacent to an activating group) is 1. The normalized spacial score (nSPS) is 17.0. The molecule has 6 heteroatoms. The average Bonchev–Trinajstić information content (AvgIpc) is 3.21. The number of H-pyrrole nitrogens is 1. The van der Waals surface area contributed by atoms with Gasteiger partial charge in [0.25, 0.3) is 6.01 Å². The zero-order chi connectivity index (χ0) is 17.8. The fourth-order valence-corrected chi connectivity index (χ4v) is 3.90. The van der Waals surface area contributed by atoms with E-state index >= 15 is 0 Å². The summed E-state index contributed by atoms with van der Waals surface area (Å²) >= 11 is 0. The monoisotopic (exact) mass is 353 g/mol. The van der Waals surface area contributed by atoms with Gasteiger partial charge in [-0.25, -0.2) is 8.78 Å². The van der Waals surface area contributed by atoms with Crippen LogP contribution in [0.4, 0.5) is 14.8 Å². The minimum absolute atomic E-state index is 0.183. The maximum Gasteiger partial charge on any atom is 0.298 e. The Balaban J connectivity index is 1.49. The lowest BCUT2D eigenvalue weighted by atomic mass is 9.91. The van der Waals surface area contributed by atoms with Gasteiger partial charge in [-0.05, 0) is 55.2 Å². The number of aryl methyl sites for hydroxylation is 1. The van der Waals surface area contributed by atoms with Crippen LogP contribution in [0.3, 0.4) is 0 Å². The van der Waals surface area contributed by atoms with Crippen molar-refractivity contribution < 1.29 is 13.2 Å². The van der Waals surface area contributed by atoms with E-state index in [2.05, 4.69) is 9.97 Å². The van der Waals surface area contributed by atoms with E-state index < -0.39 is 0 Å². The highest BCUT2D eigenvalue weighted by atomic mass is 19.1. The van der Waals surface area contributed by atoms with Crippen LogP contribution in [-0.4, -0.2) is 23.1 Å². The summed E-state index contributed by atoms with van der Waals surface area (Å²) in [5.41, 5.74) is 4.38. The van der Waals surface area contributed by atoms with Crippen molar-refractivity contribution in [3.8, 4) is 0 Å². The molecule has 0 saturated heterocycles. The van der Waals surface area contributed by atoms with E-state index in [-0.39, 0.29) is 17.7 Å². The molecule has 1 unspecified atom stereocenters. The van der Waals surface area contributed by atoms with Gasteiger partial charge in [-0.1, -0.05) is 0 Å². The molecular weight excluding hydrogens is 336 g/mol. The summed E-state index contributed by atoms with van der Waals surface area (Å²) in [6, 6.07) is 9.85. The fraction of sp³-hybridized carbons (Fsp3) is 0.250. The summed E-state index contributed by atoms with van der Waals surface area (Å²) in [4.78, 5) is 9.82. The van der Waals surface area contributed by atoms with Crippen molar-refractivity contribution >= 4 is 28.0 Å². The predicted octanol–water partition coefficient (Wildman–Crippen LogP) is 4.58. The number of nitrogens with one attached hydrogen (secondary N) is 1. The van der Waals surface area contributed by atoms with Crippen LogP contribution in [0.5, 0.6) is 0 Å². The van der Waals surface area contributed by atoms with Crippen LogP contribution in [0.1, 0.15) is 17.7 Å². The molecule has 0 bridgehead atoms. The van der Waals surface area contributed by atoms with Gasteiger partial charge in [0.15, 0.2) is 5.58 Å². The van der Waals surface area contributed by atoms with E-state index in [1.54, 1.807) is 18.2 Å². The molecule has 4 aromatic rings. The number of nitrogens with zero attached hydrogens (tertiary/aromatic N) is 2. The Bertz CT molecular complexity index is 1130. The molecule has 132 valence electrons. The lowest BCUT2D eigenvalue weighted by Crippen LogP contribution is -2.36. The molecule has 1 atom stereocenters. The van der Waals surface area contributed by atoms with E-state index in [1.807, 2.05) is 11.9 Å². The first kappa shape index (κ1) is 15.4. The summed E-state index contributed by atoms with van der Waals surface area (Å²) in [7, 11) is 1.94. The number of hydrogen-bond donors (Lipinski definition) is 1. The number of halogens is 2. The molecule has 1 aliphatic carbocycles. The van der Waals surface area contributed by atoms with Crippen LogP contribution in [0.15, 0.2) is 40.8 Å². The molecule has 0 fully saturated rings. The minimum Gasteiger partial charge on any atom is -0.423 e. The van der Waals surface area contributed by atoms with Gasteiger partial charge in [-0.3, -0.25) is 0 Å². The van der Waals surface area contributed by atoms with E-state index in [0.29, 0.717) is 17.1 Å². The first-order valence-corrected chi connectivity index (χ1v) is 8.66. The molecule has 1 aliphatic rings. The Kier molecular flexibility index (Phi) is 3.29. The third-order valence-corrected chi connectivity index (χ3v) is 5.31. The van der Waals surface area contributed by atoms with Gasteiger partial charge in [0.2, 0.25) is 0 Å². The Morgan fingerprint density at radius 1 is 1.15 bits per heavy atom. The van der Waals surface area contributed by atoms with Gasteiger partial charge in [0.05, 0.1) is 0 Å². The van der Waals surface area contributed by atoms with Gasteiger partial charge < -0.3 is 14.3 Å². The first-order valence-electron chi connectivity index (χ1n) is 8.66. The molecule has 0 radical (unpaired) electrons. The van der Waals surface area contributed by atoms with E-state index in [0.717, 1.165) is 35.7 Å². The van der Waals surface area contributed by atoms with Crippen LogP contribution < -0.4 is 4.90 Å². The topological polar surface area (TPSA) is 45.1 Å². The molecule has 0 aliphatic heterocycles. The highest BCUT2D eigenvalue weighted by molar-refractivity contribution is 5.85. The van der Waals surface area contributed by atoms with Crippen molar-refractivity contribution in [2.75, 3.05) is 11.9 Å². The Morgan fingerprint density at radius 3 is 2.85 bits per heavy atom. The number of oxazole rings is 1. The van der Waals surface area contributed by atoms with Gasteiger partial charge in [0.1, 0.15) is 17.2 Å². The Morgan fingerprint density at radius 2 is 1.96 bits per heavy atom. The zero-order valence-corrected chi connectivity index (χ0v) is 14.2. The third kappa shape index (κ3) is 2.36. The molecule has 0 saturated carbocycles. The van der Waals surface area contributed by atoms with E-state index in [1.165, 1.54) is 23.9 Å². The van der Waals surface area contributed by atoms with Crippen molar-refractivity contribution in [3.05, 3.63) is 59.3 Å². The molecule has 2 heterocycles. The lowest BCUT2D eigenvalue weighted by Gasteiger charge is -2.30. The zero-order valence-electron chi connectivity index (χ0n) is 14.2. The number of anilines is 1. The molecule has 26 heavy (non-hydrogen) atoms. The molecule has 2 aromatic heterocycles. The number of aromatic amines is 1. The Labute approximate surface area is 148 Å². The van der Waals surface area contributed by atoms with Crippen LogP contribution in [-0.2, 0) is 12.8 Å². The predicted molar refractivity (Wildman–Crippen MR) is 96.4 cm³/mol. The second-order valence-corrected chi connectivity index (χ2v) is 6.89. The fourth-order valence-electron chi connectivity index (χ4n) is 3.90. The minimum atomic E-state index is -0.330. The van der Waals surface area contributed by atoms with Crippen LogP contribution in [0.2, 0.25) is 0 Å². The maximum atomic E-state index is 13.7. The maximum absolute atomic E-state index is 13.7. The average molecular weight is 353 g/mol. The number of aromatic nitrogens is 2. The second-order valence-electron chi connectivity index (χ2n) is 6.89. The van der Waals surface area contributed by atoms with Crippen LogP contribution >= 0.6 is 0 Å². The van der Waals surface area contributed by atoms with Gasteiger partial charge in [0, 0.05) is 35.8 Å². The molecule has 0 spiro atoms. The second kappa shape index (κ2) is 5.56. The molecule has 4 nitrogen and oxygen atoms in total. The smallest absolute Gasteiger partial charge is 0.298 e. The number of hydrogen-bond acceptors (Lipinski definition) is 3. The number of fused-ring (bicyclic) bond motifs is 4. The first-order chi connectivity index (χ1) is 12.6. The van der Waals surface area contributed by atoms with Crippen molar-refractivity contribution in [1.29, 1.82) is 0 Å². The van der Waals surface area contributed by atoms with Crippen molar-refractivity contribution in [3.63, 3.8) is 0 Å². The molecule has 2 aromatic carbocycles. The van der Waals surface area contributed by atoms with Crippen molar-refractivity contribution in [2.24, 2.45) is 0 Å². The largest absolute Gasteiger partial charge is 0.423 e. The molecule has 1 N–H and O–H groups in total. The summed E-state index contributed by atoms with van der Waals surface area (Å²) in [5, 5.41) is 0.942. The van der Waals surface area contributed by atoms with E-state index in [4.69, 9.17) is 4.42 Å². The standard InChI is InChI=1S/C20H17F2N3O/c1-25(20-24-18-9-12(22)3-7-19(18)26-20)13-4-6-17-15(10-13)14-8-11(21)2-5-16(14)23-17/h2-3,5,7-9,13,23H,4,6,10H2,1H3. The van der Waals surface area contributed by atoms with E-state index in [9.17, 15) is 8.78 Å². The quantitative estimate of drug-likeness (QED) is 0.574. The summed E-state index contributed by atoms with van der Waals surface area (Å²) < 4.78 is 32.9. The summed E-state index contributed by atoms with van der Waals surface area (Å²) in [6.07, 6.45) is 2.60. The van der Waals surface area contributed by atoms with Crippen LogP contribution in [0, 0.1) is 11.6 Å². The third-order valence-electron chi connectivity index (χ3n) is 5.31. The van der Waals surface area contributed by atoms with Gasteiger partial charge in [-0.2, -0.15) is 4.98 Å². The number of rotatable bonds is 2. The van der Waals surface area contributed by atoms with Gasteiger partial charge in [-0.15, -0.1) is 0 Å². The molecule has 0 amide bonds.